The second-order valence-electron chi connectivity index (χ2n) is 8.16. The fourth-order valence-corrected chi connectivity index (χ4v) is 4.65. The molecule has 1 aliphatic carbocycles. The van der Waals surface area contributed by atoms with Gasteiger partial charge in [-0.15, -0.1) is 0 Å². The van der Waals surface area contributed by atoms with Crippen LogP contribution >= 0.6 is 0 Å². The number of benzene rings is 2. The van der Waals surface area contributed by atoms with Crippen molar-refractivity contribution < 1.29 is 22.6 Å². The Morgan fingerprint density at radius 2 is 1.71 bits per heavy atom. The second kappa shape index (κ2) is 7.20. The number of hydrogen-bond donors (Lipinski definition) is 0. The van der Waals surface area contributed by atoms with Gasteiger partial charge in [0.15, 0.2) is 5.60 Å². The standard InChI is InChI=1S/C23H25F3O2/c1-21(23(24,25)26)19-11-5-6-12-20(19)22(16-28-21)13-7-10-18(14-22)27-15-17-8-3-2-4-9-17/h2-6,8-9,11-12,18H,7,10,13-16H2,1H3. The molecule has 0 bridgehead atoms. The van der Waals surface area contributed by atoms with Gasteiger partial charge < -0.3 is 9.47 Å². The number of rotatable bonds is 3. The predicted molar refractivity (Wildman–Crippen MR) is 101 cm³/mol. The third-order valence-corrected chi connectivity index (χ3v) is 6.32. The largest absolute Gasteiger partial charge is 0.421 e. The molecule has 2 aromatic rings. The zero-order chi connectivity index (χ0) is 19.8. The molecule has 2 aliphatic rings. The molecule has 0 radical (unpaired) electrons. The van der Waals surface area contributed by atoms with Crippen LogP contribution in [0.2, 0.25) is 0 Å². The van der Waals surface area contributed by atoms with Crippen molar-refractivity contribution >= 4 is 0 Å². The van der Waals surface area contributed by atoms with E-state index in [9.17, 15) is 13.2 Å². The highest BCUT2D eigenvalue weighted by Gasteiger charge is 2.59. The van der Waals surface area contributed by atoms with Crippen LogP contribution in [0.5, 0.6) is 0 Å². The van der Waals surface area contributed by atoms with Crippen molar-refractivity contribution in [3.63, 3.8) is 0 Å². The van der Waals surface area contributed by atoms with Crippen LogP contribution in [-0.2, 0) is 27.1 Å². The molecule has 150 valence electrons. The molecule has 4 rings (SSSR count). The molecule has 0 N–H and O–H groups in total. The van der Waals surface area contributed by atoms with Gasteiger partial charge in [-0.2, -0.15) is 13.2 Å². The molecule has 2 aromatic carbocycles. The third kappa shape index (κ3) is 3.35. The van der Waals surface area contributed by atoms with E-state index in [4.69, 9.17) is 9.47 Å². The zero-order valence-electron chi connectivity index (χ0n) is 16.0. The van der Waals surface area contributed by atoms with Crippen LogP contribution in [0.1, 0.15) is 49.3 Å². The monoisotopic (exact) mass is 390 g/mol. The van der Waals surface area contributed by atoms with Gasteiger partial charge in [0.1, 0.15) is 0 Å². The van der Waals surface area contributed by atoms with Crippen molar-refractivity contribution in [2.24, 2.45) is 0 Å². The van der Waals surface area contributed by atoms with E-state index in [1.165, 1.54) is 0 Å². The van der Waals surface area contributed by atoms with Crippen LogP contribution in [0.15, 0.2) is 54.6 Å². The number of fused-ring (bicyclic) bond motifs is 2. The molecule has 5 heteroatoms. The SMILES string of the molecule is CC1(C(F)(F)F)OCC2(CCCC(OCc3ccccc3)C2)c2ccccc21. The smallest absolute Gasteiger partial charge is 0.374 e. The zero-order valence-corrected chi connectivity index (χ0v) is 16.0. The van der Waals surface area contributed by atoms with Crippen LogP contribution in [0.3, 0.4) is 0 Å². The molecule has 1 fully saturated rings. The first kappa shape index (κ1) is 19.5. The van der Waals surface area contributed by atoms with Crippen LogP contribution < -0.4 is 0 Å². The first-order valence-corrected chi connectivity index (χ1v) is 9.80. The van der Waals surface area contributed by atoms with Gasteiger partial charge in [0.05, 0.1) is 19.3 Å². The Labute approximate surface area is 163 Å². The number of alkyl halides is 3. The van der Waals surface area contributed by atoms with E-state index in [1.807, 2.05) is 42.5 Å². The topological polar surface area (TPSA) is 18.5 Å². The van der Waals surface area contributed by atoms with Gasteiger partial charge >= 0.3 is 6.18 Å². The fourth-order valence-electron chi connectivity index (χ4n) is 4.65. The van der Waals surface area contributed by atoms with E-state index < -0.39 is 17.2 Å². The second-order valence-corrected chi connectivity index (χ2v) is 8.16. The van der Waals surface area contributed by atoms with E-state index in [1.54, 1.807) is 12.1 Å². The van der Waals surface area contributed by atoms with Gasteiger partial charge in [-0.3, -0.25) is 0 Å². The molecule has 2 nitrogen and oxygen atoms in total. The lowest BCUT2D eigenvalue weighted by Gasteiger charge is -2.50. The highest BCUT2D eigenvalue weighted by atomic mass is 19.4. The Morgan fingerprint density at radius 3 is 2.43 bits per heavy atom. The quantitative estimate of drug-likeness (QED) is 0.650. The Morgan fingerprint density at radius 1 is 1.04 bits per heavy atom. The van der Waals surface area contributed by atoms with Gasteiger partial charge in [-0.05, 0) is 49.3 Å². The summed E-state index contributed by atoms with van der Waals surface area (Å²) in [6.07, 6.45) is -1.09. The van der Waals surface area contributed by atoms with Crippen molar-refractivity contribution in [2.75, 3.05) is 6.61 Å². The highest BCUT2D eigenvalue weighted by Crippen LogP contribution is 2.53. The lowest BCUT2D eigenvalue weighted by Crippen LogP contribution is -2.53. The molecular formula is C23H25F3O2. The van der Waals surface area contributed by atoms with E-state index in [2.05, 4.69) is 0 Å². The summed E-state index contributed by atoms with van der Waals surface area (Å²) in [5.74, 6) is 0. The summed E-state index contributed by atoms with van der Waals surface area (Å²) in [6.45, 7) is 1.74. The summed E-state index contributed by atoms with van der Waals surface area (Å²) in [5, 5.41) is 0. The molecule has 28 heavy (non-hydrogen) atoms. The lowest BCUT2D eigenvalue weighted by molar-refractivity contribution is -0.289. The maximum Gasteiger partial charge on any atom is 0.421 e. The lowest BCUT2D eigenvalue weighted by atomic mass is 9.64. The molecule has 3 unspecified atom stereocenters. The summed E-state index contributed by atoms with van der Waals surface area (Å²) in [7, 11) is 0. The van der Waals surface area contributed by atoms with E-state index in [0.717, 1.165) is 37.3 Å². The van der Waals surface area contributed by atoms with Crippen LogP contribution in [0, 0.1) is 0 Å². The van der Waals surface area contributed by atoms with Crippen molar-refractivity contribution in [3.8, 4) is 0 Å². The van der Waals surface area contributed by atoms with Gasteiger partial charge in [-0.1, -0.05) is 54.6 Å². The first-order valence-electron chi connectivity index (χ1n) is 9.80. The summed E-state index contributed by atoms with van der Waals surface area (Å²) in [6, 6.07) is 16.9. The van der Waals surface area contributed by atoms with Crippen LogP contribution in [0.4, 0.5) is 13.2 Å². The molecule has 0 aromatic heterocycles. The minimum Gasteiger partial charge on any atom is -0.374 e. The van der Waals surface area contributed by atoms with E-state index in [-0.39, 0.29) is 18.3 Å². The molecular weight excluding hydrogens is 365 g/mol. The average molecular weight is 390 g/mol. The molecule has 1 saturated carbocycles. The van der Waals surface area contributed by atoms with E-state index >= 15 is 0 Å². The van der Waals surface area contributed by atoms with Gasteiger partial charge in [0.2, 0.25) is 0 Å². The summed E-state index contributed by atoms with van der Waals surface area (Å²) in [5.41, 5.74) is -0.549. The van der Waals surface area contributed by atoms with Crippen molar-refractivity contribution in [3.05, 3.63) is 71.3 Å². The van der Waals surface area contributed by atoms with Crippen LogP contribution in [0.25, 0.3) is 0 Å². The number of ether oxygens (including phenoxy) is 2. The third-order valence-electron chi connectivity index (χ3n) is 6.32. The maximum atomic E-state index is 13.8. The van der Waals surface area contributed by atoms with Crippen molar-refractivity contribution in [1.29, 1.82) is 0 Å². The highest BCUT2D eigenvalue weighted by molar-refractivity contribution is 5.42. The Kier molecular flexibility index (Phi) is 5.00. The predicted octanol–water partition coefficient (Wildman–Crippen LogP) is 5.89. The minimum absolute atomic E-state index is 0.0147. The van der Waals surface area contributed by atoms with Gasteiger partial charge in [-0.25, -0.2) is 0 Å². The van der Waals surface area contributed by atoms with Gasteiger partial charge in [0.25, 0.3) is 0 Å². The summed E-state index contributed by atoms with van der Waals surface area (Å²) >= 11 is 0. The Hall–Kier alpha value is -1.85. The van der Waals surface area contributed by atoms with Crippen molar-refractivity contribution in [1.82, 2.24) is 0 Å². The summed E-state index contributed by atoms with van der Waals surface area (Å²) < 4.78 is 53.1. The summed E-state index contributed by atoms with van der Waals surface area (Å²) in [4.78, 5) is 0. The molecule has 1 spiro atoms. The molecule has 3 atom stereocenters. The molecule has 0 amide bonds. The fraction of sp³-hybridized carbons (Fsp3) is 0.478. The number of hydrogen-bond acceptors (Lipinski definition) is 2. The minimum atomic E-state index is -4.46. The Balaban J connectivity index is 1.59. The molecule has 1 heterocycles. The van der Waals surface area contributed by atoms with Crippen molar-refractivity contribution in [2.45, 2.75) is 62.5 Å². The maximum absolute atomic E-state index is 13.8. The van der Waals surface area contributed by atoms with E-state index in [0.29, 0.717) is 13.0 Å². The normalized spacial score (nSPS) is 30.2. The molecule has 1 aliphatic heterocycles. The average Bonchev–Trinajstić information content (AvgIpc) is 2.70. The van der Waals surface area contributed by atoms with Gasteiger partial charge in [0, 0.05) is 5.41 Å². The Bertz CT molecular complexity index is 820. The number of halogens is 3. The molecule has 0 saturated heterocycles. The van der Waals surface area contributed by atoms with Crippen LogP contribution in [-0.4, -0.2) is 18.9 Å². The first-order chi connectivity index (χ1) is 13.3.